The van der Waals surface area contributed by atoms with Gasteiger partial charge in [0.15, 0.2) is 0 Å². The van der Waals surface area contributed by atoms with Gasteiger partial charge in [0.05, 0.1) is 19.3 Å². The first-order chi connectivity index (χ1) is 10.6. The van der Waals surface area contributed by atoms with Gasteiger partial charge in [-0.25, -0.2) is 4.79 Å². The zero-order valence-corrected chi connectivity index (χ0v) is 13.2. The quantitative estimate of drug-likeness (QED) is 0.826. The Hall–Kier alpha value is -1.87. The minimum Gasteiger partial charge on any atom is -0.376 e. The van der Waals surface area contributed by atoms with Gasteiger partial charge in [0, 0.05) is 12.7 Å². The van der Waals surface area contributed by atoms with Crippen molar-refractivity contribution < 1.29 is 4.74 Å². The first-order valence-electron chi connectivity index (χ1n) is 7.94. The van der Waals surface area contributed by atoms with Crippen molar-refractivity contribution >= 4 is 0 Å². The highest BCUT2D eigenvalue weighted by molar-refractivity contribution is 5.22. The van der Waals surface area contributed by atoms with E-state index in [0.29, 0.717) is 19.1 Å². The van der Waals surface area contributed by atoms with Gasteiger partial charge in [-0.2, -0.15) is 5.26 Å². The van der Waals surface area contributed by atoms with Crippen LogP contribution in [0.4, 0.5) is 0 Å². The maximum atomic E-state index is 12.2. The highest BCUT2D eigenvalue weighted by Gasteiger charge is 2.21. The lowest BCUT2D eigenvalue weighted by molar-refractivity contribution is -0.00907. The lowest BCUT2D eigenvalue weighted by atomic mass is 9.88. The van der Waals surface area contributed by atoms with Crippen LogP contribution in [0.5, 0.6) is 0 Å². The van der Waals surface area contributed by atoms with Crippen molar-refractivity contribution in [1.82, 2.24) is 9.13 Å². The van der Waals surface area contributed by atoms with Crippen molar-refractivity contribution in [2.45, 2.75) is 58.7 Å². The van der Waals surface area contributed by atoms with E-state index in [1.807, 2.05) is 6.07 Å². The molecule has 0 saturated heterocycles. The Balaban J connectivity index is 2.11. The molecule has 0 spiro atoms. The molecule has 1 aliphatic rings. The Labute approximate surface area is 129 Å². The van der Waals surface area contributed by atoms with Crippen molar-refractivity contribution in [1.29, 1.82) is 5.26 Å². The molecule has 0 unspecified atom stereocenters. The molecule has 0 bridgehead atoms. The number of nitriles is 1. The Morgan fingerprint density at radius 3 is 2.73 bits per heavy atom. The van der Waals surface area contributed by atoms with Crippen LogP contribution in [-0.2, 0) is 17.8 Å². The number of ether oxygens (including phenoxy) is 1. The van der Waals surface area contributed by atoms with Crippen LogP contribution in [0.25, 0.3) is 0 Å². The van der Waals surface area contributed by atoms with E-state index in [-0.39, 0.29) is 23.9 Å². The first-order valence-corrected chi connectivity index (χ1v) is 7.94. The summed E-state index contributed by atoms with van der Waals surface area (Å²) in [5, 5.41) is 9.01. The van der Waals surface area contributed by atoms with E-state index in [2.05, 4.69) is 6.92 Å². The predicted octanol–water partition coefficient (Wildman–Crippen LogP) is 1.50. The monoisotopic (exact) mass is 305 g/mol. The average molecular weight is 305 g/mol. The van der Waals surface area contributed by atoms with Crippen LogP contribution in [0.15, 0.2) is 15.8 Å². The van der Waals surface area contributed by atoms with E-state index in [0.717, 1.165) is 17.4 Å². The zero-order valence-electron chi connectivity index (χ0n) is 13.2. The van der Waals surface area contributed by atoms with E-state index in [4.69, 9.17) is 10.00 Å². The maximum absolute atomic E-state index is 12.2. The van der Waals surface area contributed by atoms with E-state index < -0.39 is 5.56 Å². The molecule has 0 aromatic carbocycles. The molecule has 0 aliphatic heterocycles. The molecular weight excluding hydrogens is 282 g/mol. The van der Waals surface area contributed by atoms with Gasteiger partial charge in [0.25, 0.3) is 5.56 Å². The topological polar surface area (TPSA) is 77.0 Å². The van der Waals surface area contributed by atoms with E-state index in [1.165, 1.54) is 23.6 Å². The molecule has 1 aromatic heterocycles. The Bertz CT molecular complexity index is 669. The molecular formula is C16H23N3O3. The van der Waals surface area contributed by atoms with Gasteiger partial charge in [-0.1, -0.05) is 19.8 Å². The highest BCUT2D eigenvalue weighted by atomic mass is 16.5. The van der Waals surface area contributed by atoms with Crippen LogP contribution in [0.3, 0.4) is 0 Å². The van der Waals surface area contributed by atoms with E-state index in [9.17, 15) is 9.59 Å². The van der Waals surface area contributed by atoms with Crippen LogP contribution < -0.4 is 11.2 Å². The second kappa shape index (κ2) is 7.41. The van der Waals surface area contributed by atoms with Gasteiger partial charge < -0.3 is 4.74 Å². The fourth-order valence-electron chi connectivity index (χ4n) is 2.98. The third-order valence-corrected chi connectivity index (χ3v) is 4.38. The third-order valence-electron chi connectivity index (χ3n) is 4.38. The molecule has 6 heteroatoms. The molecule has 1 fully saturated rings. The third kappa shape index (κ3) is 3.47. The van der Waals surface area contributed by atoms with Crippen molar-refractivity contribution in [3.05, 3.63) is 32.6 Å². The molecule has 0 amide bonds. The number of aromatic nitrogens is 2. The van der Waals surface area contributed by atoms with Crippen molar-refractivity contribution in [2.75, 3.05) is 6.61 Å². The van der Waals surface area contributed by atoms with Gasteiger partial charge in [0.1, 0.15) is 11.6 Å². The summed E-state index contributed by atoms with van der Waals surface area (Å²) >= 11 is 0. The molecule has 1 heterocycles. The minimum absolute atomic E-state index is 0.00696. The molecule has 1 saturated carbocycles. The van der Waals surface area contributed by atoms with Crippen molar-refractivity contribution in [3.63, 3.8) is 0 Å². The van der Waals surface area contributed by atoms with E-state index in [1.54, 1.807) is 6.92 Å². The average Bonchev–Trinajstić information content (AvgIpc) is 2.52. The molecule has 2 atom stereocenters. The van der Waals surface area contributed by atoms with Crippen LogP contribution in [-0.4, -0.2) is 21.8 Å². The second-order valence-corrected chi connectivity index (χ2v) is 5.85. The number of hydrogen-bond donors (Lipinski definition) is 0. The molecule has 2 rings (SSSR count). The maximum Gasteiger partial charge on any atom is 0.331 e. The summed E-state index contributed by atoms with van der Waals surface area (Å²) < 4.78 is 8.35. The fraction of sp³-hybridized carbons (Fsp3) is 0.688. The number of rotatable bonds is 5. The van der Waals surface area contributed by atoms with Gasteiger partial charge in [0.2, 0.25) is 0 Å². The summed E-state index contributed by atoms with van der Waals surface area (Å²) in [6.45, 7) is 4.92. The standard InChI is InChI=1S/C16H23N3O3/c1-3-18-11-13(10-17)15(20)19(16(18)21)8-9-22-14-7-5-4-6-12(14)2/h11-12,14H,3-9H2,1-2H3/t12-,14-/m0/s1. The van der Waals surface area contributed by atoms with Gasteiger partial charge in [-0.15, -0.1) is 0 Å². The smallest absolute Gasteiger partial charge is 0.331 e. The summed E-state index contributed by atoms with van der Waals surface area (Å²) in [4.78, 5) is 24.3. The lowest BCUT2D eigenvalue weighted by Crippen LogP contribution is -2.42. The Morgan fingerprint density at radius 1 is 1.36 bits per heavy atom. The van der Waals surface area contributed by atoms with Crippen LogP contribution in [0.2, 0.25) is 0 Å². The minimum atomic E-state index is -0.530. The number of hydrogen-bond acceptors (Lipinski definition) is 4. The van der Waals surface area contributed by atoms with Crippen molar-refractivity contribution in [2.24, 2.45) is 5.92 Å². The normalized spacial score (nSPS) is 21.5. The zero-order chi connectivity index (χ0) is 16.1. The Morgan fingerprint density at radius 2 is 2.09 bits per heavy atom. The predicted molar refractivity (Wildman–Crippen MR) is 82.7 cm³/mol. The molecule has 1 aliphatic carbocycles. The lowest BCUT2D eigenvalue weighted by Gasteiger charge is -2.28. The molecule has 120 valence electrons. The summed E-state index contributed by atoms with van der Waals surface area (Å²) in [5.74, 6) is 0.517. The van der Waals surface area contributed by atoms with Crippen molar-refractivity contribution in [3.8, 4) is 6.07 Å². The van der Waals surface area contributed by atoms with Crippen LogP contribution in [0, 0.1) is 17.2 Å². The summed E-state index contributed by atoms with van der Waals surface area (Å²) in [7, 11) is 0. The summed E-state index contributed by atoms with van der Waals surface area (Å²) in [5.41, 5.74) is -0.920. The fourth-order valence-corrected chi connectivity index (χ4v) is 2.98. The first kappa shape index (κ1) is 16.5. The molecule has 1 aromatic rings. The van der Waals surface area contributed by atoms with Gasteiger partial charge in [-0.3, -0.25) is 13.9 Å². The van der Waals surface area contributed by atoms with Gasteiger partial charge in [-0.05, 0) is 25.7 Å². The highest BCUT2D eigenvalue weighted by Crippen LogP contribution is 2.26. The molecule has 0 radical (unpaired) electrons. The second-order valence-electron chi connectivity index (χ2n) is 5.85. The molecule has 0 N–H and O–H groups in total. The van der Waals surface area contributed by atoms with Crippen LogP contribution >= 0.6 is 0 Å². The molecule has 6 nitrogen and oxygen atoms in total. The van der Waals surface area contributed by atoms with E-state index >= 15 is 0 Å². The largest absolute Gasteiger partial charge is 0.376 e. The summed E-state index contributed by atoms with van der Waals surface area (Å²) in [6, 6.07) is 1.85. The number of aryl methyl sites for hydroxylation is 1. The molecule has 22 heavy (non-hydrogen) atoms. The Kier molecular flexibility index (Phi) is 5.56. The van der Waals surface area contributed by atoms with Crippen LogP contribution in [0.1, 0.15) is 45.1 Å². The SMILES string of the molecule is CCn1cc(C#N)c(=O)n(CCO[C@H]2CCCC[C@@H]2C)c1=O. The number of nitrogens with zero attached hydrogens (tertiary/aromatic N) is 3. The van der Waals surface area contributed by atoms with Gasteiger partial charge >= 0.3 is 5.69 Å². The summed E-state index contributed by atoms with van der Waals surface area (Å²) in [6.07, 6.45) is 6.14.